The molecule has 1 amide bonds. The van der Waals surface area contributed by atoms with Crippen molar-refractivity contribution in [1.82, 2.24) is 14.8 Å². The zero-order valence-electron chi connectivity index (χ0n) is 21.5. The third kappa shape index (κ3) is 4.40. The van der Waals surface area contributed by atoms with E-state index in [1.807, 2.05) is 11.0 Å². The number of likely N-dealkylation sites (tertiary alicyclic amines) is 2. The summed E-state index contributed by atoms with van der Waals surface area (Å²) >= 11 is 0. The number of carbonyl (C=O) groups excluding carboxylic acids is 1. The molecular formula is C31H36N4O. The van der Waals surface area contributed by atoms with E-state index in [0.29, 0.717) is 17.8 Å². The predicted octanol–water partition coefficient (Wildman–Crippen LogP) is 5.00. The van der Waals surface area contributed by atoms with Gasteiger partial charge in [-0.1, -0.05) is 42.2 Å². The topological polar surface area (TPSA) is 42.6 Å². The second kappa shape index (κ2) is 9.67. The number of hydrogen-bond donors (Lipinski definition) is 1. The highest BCUT2D eigenvalue weighted by atomic mass is 16.2. The third-order valence-corrected chi connectivity index (χ3v) is 8.30. The molecule has 1 aromatic heterocycles. The minimum atomic E-state index is 0.0186. The van der Waals surface area contributed by atoms with Gasteiger partial charge < -0.3 is 14.8 Å². The fraction of sp³-hybridized carbons (Fsp3) is 0.452. The van der Waals surface area contributed by atoms with Crippen LogP contribution in [0.4, 0.5) is 5.69 Å². The Morgan fingerprint density at radius 2 is 1.89 bits per heavy atom. The van der Waals surface area contributed by atoms with E-state index in [-0.39, 0.29) is 11.9 Å². The molecule has 186 valence electrons. The molecule has 2 saturated heterocycles. The lowest BCUT2D eigenvalue weighted by molar-refractivity contribution is 0.0761. The maximum Gasteiger partial charge on any atom is 0.271 e. The Kier molecular flexibility index (Phi) is 6.23. The van der Waals surface area contributed by atoms with E-state index < -0.39 is 0 Å². The van der Waals surface area contributed by atoms with Gasteiger partial charge in [-0.15, -0.1) is 0 Å². The molecule has 36 heavy (non-hydrogen) atoms. The highest BCUT2D eigenvalue weighted by Crippen LogP contribution is 2.36. The van der Waals surface area contributed by atoms with Gasteiger partial charge in [-0.05, 0) is 75.3 Å². The Labute approximate surface area is 214 Å². The van der Waals surface area contributed by atoms with Gasteiger partial charge in [-0.2, -0.15) is 0 Å². The monoisotopic (exact) mass is 480 g/mol. The fourth-order valence-corrected chi connectivity index (χ4v) is 6.45. The maximum absolute atomic E-state index is 13.3. The molecule has 0 aliphatic carbocycles. The van der Waals surface area contributed by atoms with E-state index in [9.17, 15) is 4.79 Å². The van der Waals surface area contributed by atoms with E-state index in [1.165, 1.54) is 29.7 Å². The number of anilines is 1. The van der Waals surface area contributed by atoms with E-state index in [2.05, 4.69) is 82.9 Å². The van der Waals surface area contributed by atoms with Crippen LogP contribution in [0.15, 0.2) is 48.5 Å². The summed E-state index contributed by atoms with van der Waals surface area (Å²) < 4.78 is 0. The number of H-pyrrole nitrogens is 1. The first-order chi connectivity index (χ1) is 17.6. The number of aromatic nitrogens is 1. The molecule has 5 heteroatoms. The molecule has 2 aromatic carbocycles. The van der Waals surface area contributed by atoms with Crippen molar-refractivity contribution in [2.45, 2.75) is 64.1 Å². The summed E-state index contributed by atoms with van der Waals surface area (Å²) in [5.41, 5.74) is 5.83. The summed E-state index contributed by atoms with van der Waals surface area (Å²) in [6, 6.07) is 18.4. The Morgan fingerprint density at radius 3 is 2.75 bits per heavy atom. The van der Waals surface area contributed by atoms with Crippen LogP contribution in [0.3, 0.4) is 0 Å². The number of para-hydroxylation sites is 1. The van der Waals surface area contributed by atoms with Gasteiger partial charge in [0, 0.05) is 48.3 Å². The fourth-order valence-electron chi connectivity index (χ4n) is 6.45. The number of rotatable bonds is 3. The number of fused-ring (bicyclic) bond motifs is 2. The van der Waals surface area contributed by atoms with Crippen molar-refractivity contribution in [3.8, 4) is 11.8 Å². The molecule has 0 saturated carbocycles. The smallest absolute Gasteiger partial charge is 0.271 e. The molecule has 5 nitrogen and oxygen atoms in total. The number of carbonyl (C=O) groups is 1. The number of hydrogen-bond acceptors (Lipinski definition) is 3. The lowest BCUT2D eigenvalue weighted by Crippen LogP contribution is -2.47. The normalized spacial score (nSPS) is 22.6. The SMILES string of the molecule is Cc1ccc2cc(C(=O)N3CCCC3C#CCN3CCC(N4c5ccccc5CC4C)CC3)[nH]c2c1. The Morgan fingerprint density at radius 1 is 1.06 bits per heavy atom. The van der Waals surface area contributed by atoms with Crippen molar-refractivity contribution in [1.29, 1.82) is 0 Å². The third-order valence-electron chi connectivity index (χ3n) is 8.30. The van der Waals surface area contributed by atoms with Gasteiger partial charge in [0.25, 0.3) is 5.91 Å². The number of benzene rings is 2. The lowest BCUT2D eigenvalue weighted by atomic mass is 10.0. The van der Waals surface area contributed by atoms with Crippen LogP contribution in [0.5, 0.6) is 0 Å². The first kappa shape index (κ1) is 23.2. The number of piperidine rings is 1. The van der Waals surface area contributed by atoms with Crippen LogP contribution >= 0.6 is 0 Å². The minimum absolute atomic E-state index is 0.0186. The molecule has 4 heterocycles. The first-order valence-electron chi connectivity index (χ1n) is 13.5. The van der Waals surface area contributed by atoms with E-state index in [0.717, 1.165) is 56.3 Å². The lowest BCUT2D eigenvalue weighted by Gasteiger charge is -2.40. The van der Waals surface area contributed by atoms with Gasteiger partial charge in [0.1, 0.15) is 5.69 Å². The van der Waals surface area contributed by atoms with Crippen LogP contribution in [-0.2, 0) is 6.42 Å². The van der Waals surface area contributed by atoms with Gasteiger partial charge in [-0.25, -0.2) is 0 Å². The van der Waals surface area contributed by atoms with Crippen LogP contribution in [0, 0.1) is 18.8 Å². The van der Waals surface area contributed by atoms with Crippen LogP contribution < -0.4 is 4.90 Å². The van der Waals surface area contributed by atoms with E-state index in [1.54, 1.807) is 0 Å². The number of aromatic amines is 1. The number of nitrogens with one attached hydrogen (secondary N) is 1. The molecule has 2 unspecified atom stereocenters. The summed E-state index contributed by atoms with van der Waals surface area (Å²) in [4.78, 5) is 23.7. The molecule has 6 rings (SSSR count). The van der Waals surface area contributed by atoms with Crippen LogP contribution in [0.1, 0.15) is 54.2 Å². The predicted molar refractivity (Wildman–Crippen MR) is 146 cm³/mol. The number of aryl methyl sites for hydroxylation is 1. The van der Waals surface area contributed by atoms with Crippen molar-refractivity contribution in [3.05, 3.63) is 65.4 Å². The summed E-state index contributed by atoms with van der Waals surface area (Å²) in [6.07, 6.45) is 5.52. The van der Waals surface area contributed by atoms with Crippen molar-refractivity contribution in [3.63, 3.8) is 0 Å². The molecule has 3 aliphatic heterocycles. The summed E-state index contributed by atoms with van der Waals surface area (Å²) in [6.45, 7) is 8.20. The van der Waals surface area contributed by atoms with E-state index in [4.69, 9.17) is 0 Å². The zero-order valence-corrected chi connectivity index (χ0v) is 21.5. The number of nitrogens with zero attached hydrogens (tertiary/aromatic N) is 3. The number of amides is 1. The quantitative estimate of drug-likeness (QED) is 0.537. The second-order valence-corrected chi connectivity index (χ2v) is 10.8. The highest BCUT2D eigenvalue weighted by Gasteiger charge is 2.33. The average Bonchev–Trinajstić information content (AvgIpc) is 3.60. The zero-order chi connectivity index (χ0) is 24.6. The van der Waals surface area contributed by atoms with Crippen LogP contribution in [0.2, 0.25) is 0 Å². The molecule has 3 aromatic rings. The van der Waals surface area contributed by atoms with Gasteiger partial charge in [0.05, 0.1) is 12.6 Å². The van der Waals surface area contributed by atoms with Crippen molar-refractivity contribution >= 4 is 22.5 Å². The molecule has 0 radical (unpaired) electrons. The first-order valence-corrected chi connectivity index (χ1v) is 13.5. The van der Waals surface area contributed by atoms with Crippen molar-refractivity contribution in [2.75, 3.05) is 31.1 Å². The molecule has 2 fully saturated rings. The molecule has 2 atom stereocenters. The Balaban J connectivity index is 1.05. The molecule has 0 spiro atoms. The van der Waals surface area contributed by atoms with Crippen LogP contribution in [0.25, 0.3) is 10.9 Å². The summed E-state index contributed by atoms with van der Waals surface area (Å²) in [5, 5.41) is 1.08. The molecule has 0 bridgehead atoms. The van der Waals surface area contributed by atoms with Gasteiger partial charge in [0.15, 0.2) is 0 Å². The van der Waals surface area contributed by atoms with Crippen molar-refractivity contribution in [2.24, 2.45) is 0 Å². The molecular weight excluding hydrogens is 444 g/mol. The standard InChI is InChI=1S/C31H36N4O/c1-22-11-12-24-21-29(32-28(24)19-22)31(36)34-16-6-9-26(34)8-5-15-33-17-13-27(14-18-33)35-23(2)20-25-7-3-4-10-30(25)35/h3-4,7,10-12,19,21,23,26-27,32H,6,9,13-18,20H2,1-2H3. The molecule has 3 aliphatic rings. The summed E-state index contributed by atoms with van der Waals surface area (Å²) in [7, 11) is 0. The highest BCUT2D eigenvalue weighted by molar-refractivity contribution is 5.98. The Bertz CT molecular complexity index is 1320. The Hall–Kier alpha value is -3.23. The maximum atomic E-state index is 13.3. The second-order valence-electron chi connectivity index (χ2n) is 10.8. The average molecular weight is 481 g/mol. The van der Waals surface area contributed by atoms with Gasteiger partial charge in [0.2, 0.25) is 0 Å². The van der Waals surface area contributed by atoms with Gasteiger partial charge in [-0.3, -0.25) is 9.69 Å². The minimum Gasteiger partial charge on any atom is -0.365 e. The molecule has 1 N–H and O–H groups in total. The van der Waals surface area contributed by atoms with Crippen LogP contribution in [-0.4, -0.2) is 65.0 Å². The van der Waals surface area contributed by atoms with E-state index >= 15 is 0 Å². The van der Waals surface area contributed by atoms with Gasteiger partial charge >= 0.3 is 0 Å². The van der Waals surface area contributed by atoms with Crippen molar-refractivity contribution < 1.29 is 4.79 Å². The summed E-state index contributed by atoms with van der Waals surface area (Å²) in [5.74, 6) is 6.95. The largest absolute Gasteiger partial charge is 0.365 e.